The Balaban J connectivity index is 1.82. The Morgan fingerprint density at radius 2 is 2.21 bits per heavy atom. The summed E-state index contributed by atoms with van der Waals surface area (Å²) in [4.78, 5) is 28.6. The predicted octanol–water partition coefficient (Wildman–Crippen LogP) is 2.38. The van der Waals surface area contributed by atoms with E-state index in [2.05, 4.69) is 10.3 Å². The highest BCUT2D eigenvalue weighted by molar-refractivity contribution is 7.17. The predicted molar refractivity (Wildman–Crippen MR) is 87.2 cm³/mol. The second-order valence-electron chi connectivity index (χ2n) is 5.95. The lowest BCUT2D eigenvalue weighted by Crippen LogP contribution is -2.50. The van der Waals surface area contributed by atoms with Crippen molar-refractivity contribution in [2.75, 3.05) is 13.2 Å². The van der Waals surface area contributed by atoms with Gasteiger partial charge in [-0.25, -0.2) is 4.98 Å². The van der Waals surface area contributed by atoms with Crippen molar-refractivity contribution in [3.8, 4) is 10.8 Å². The molecular weight excluding hydrogens is 332 g/mol. The van der Waals surface area contributed by atoms with Crippen LogP contribution in [0.25, 0.3) is 10.8 Å². The zero-order valence-electron chi connectivity index (χ0n) is 13.4. The zero-order chi connectivity index (χ0) is 17.3. The minimum Gasteiger partial charge on any atom is -0.481 e. The van der Waals surface area contributed by atoms with Gasteiger partial charge in [-0.3, -0.25) is 9.59 Å². The molecule has 2 N–H and O–H groups in total. The summed E-state index contributed by atoms with van der Waals surface area (Å²) in [5.41, 5.74) is -0.272. The van der Waals surface area contributed by atoms with Crippen LogP contribution in [0.3, 0.4) is 0 Å². The van der Waals surface area contributed by atoms with E-state index in [1.54, 1.807) is 6.92 Å². The Bertz CT molecular complexity index is 773. The number of nitrogens with zero attached hydrogens (tertiary/aromatic N) is 1. The average molecular weight is 350 g/mol. The van der Waals surface area contributed by atoms with Crippen LogP contribution in [0.2, 0.25) is 0 Å². The standard InChI is InChI=1S/C16H18N2O5S/c1-9-3-4-11(23-9)15-17-10(2)13(24-15)14(21)18-16(7-12(19)20)5-6-22-8-16/h3-4H,5-8H2,1-2H3,(H,18,21)(H,19,20). The quantitative estimate of drug-likeness (QED) is 0.858. The van der Waals surface area contributed by atoms with Gasteiger partial charge in [0.2, 0.25) is 0 Å². The normalized spacial score (nSPS) is 20.2. The highest BCUT2D eigenvalue weighted by Crippen LogP contribution is 2.30. The molecule has 1 fully saturated rings. The fourth-order valence-electron chi connectivity index (χ4n) is 2.74. The van der Waals surface area contributed by atoms with E-state index in [-0.39, 0.29) is 18.9 Å². The summed E-state index contributed by atoms with van der Waals surface area (Å²) in [5, 5.41) is 12.6. The van der Waals surface area contributed by atoms with Gasteiger partial charge in [0, 0.05) is 6.61 Å². The van der Waals surface area contributed by atoms with Gasteiger partial charge < -0.3 is 19.6 Å². The molecule has 8 heteroatoms. The van der Waals surface area contributed by atoms with E-state index >= 15 is 0 Å². The highest BCUT2D eigenvalue weighted by atomic mass is 32.1. The number of hydrogen-bond donors (Lipinski definition) is 2. The summed E-state index contributed by atoms with van der Waals surface area (Å²) >= 11 is 1.23. The number of furan rings is 1. The molecule has 1 unspecified atom stereocenters. The SMILES string of the molecule is Cc1ccc(-c2nc(C)c(C(=O)NC3(CC(=O)O)CCOC3)s2)o1. The molecule has 3 rings (SSSR count). The van der Waals surface area contributed by atoms with E-state index < -0.39 is 11.5 Å². The van der Waals surface area contributed by atoms with Crippen molar-refractivity contribution in [1.29, 1.82) is 0 Å². The number of hydrogen-bond acceptors (Lipinski definition) is 6. The van der Waals surface area contributed by atoms with E-state index in [9.17, 15) is 9.59 Å². The van der Waals surface area contributed by atoms with Gasteiger partial charge in [-0.2, -0.15) is 0 Å². The van der Waals surface area contributed by atoms with Crippen LogP contribution in [-0.4, -0.2) is 40.7 Å². The average Bonchev–Trinajstić information content (AvgIpc) is 3.19. The molecule has 0 radical (unpaired) electrons. The Kier molecular flexibility index (Phi) is 4.42. The summed E-state index contributed by atoms with van der Waals surface area (Å²) < 4.78 is 10.8. The van der Waals surface area contributed by atoms with Gasteiger partial charge in [-0.1, -0.05) is 0 Å². The second kappa shape index (κ2) is 6.37. The van der Waals surface area contributed by atoms with Gasteiger partial charge in [-0.15, -0.1) is 11.3 Å². The molecular formula is C16H18N2O5S. The van der Waals surface area contributed by atoms with Crippen molar-refractivity contribution < 1.29 is 23.8 Å². The number of carbonyl (C=O) groups excluding carboxylic acids is 1. The minimum atomic E-state index is -0.964. The van der Waals surface area contributed by atoms with Crippen LogP contribution in [0.1, 0.15) is 34.0 Å². The van der Waals surface area contributed by atoms with Crippen molar-refractivity contribution in [3.05, 3.63) is 28.5 Å². The van der Waals surface area contributed by atoms with Crippen LogP contribution >= 0.6 is 11.3 Å². The number of aromatic nitrogens is 1. The number of carbonyl (C=O) groups is 2. The molecule has 0 spiro atoms. The number of aryl methyl sites for hydroxylation is 2. The molecule has 128 valence electrons. The maximum absolute atomic E-state index is 12.6. The lowest BCUT2D eigenvalue weighted by atomic mass is 9.94. The van der Waals surface area contributed by atoms with Crippen molar-refractivity contribution in [1.82, 2.24) is 10.3 Å². The first kappa shape index (κ1) is 16.7. The molecule has 3 heterocycles. The number of carboxylic acids is 1. The van der Waals surface area contributed by atoms with E-state index in [0.717, 1.165) is 5.76 Å². The topological polar surface area (TPSA) is 102 Å². The minimum absolute atomic E-state index is 0.166. The van der Waals surface area contributed by atoms with Crippen LogP contribution in [0, 0.1) is 13.8 Å². The maximum Gasteiger partial charge on any atom is 0.305 e. The Morgan fingerprint density at radius 1 is 1.42 bits per heavy atom. The first-order chi connectivity index (χ1) is 11.4. The molecule has 1 saturated heterocycles. The third-order valence-electron chi connectivity index (χ3n) is 3.93. The van der Waals surface area contributed by atoms with Crippen LogP contribution in [-0.2, 0) is 9.53 Å². The van der Waals surface area contributed by atoms with Crippen LogP contribution in [0.15, 0.2) is 16.5 Å². The molecule has 24 heavy (non-hydrogen) atoms. The number of aliphatic carboxylic acids is 1. The fourth-order valence-corrected chi connectivity index (χ4v) is 3.66. The second-order valence-corrected chi connectivity index (χ2v) is 6.95. The maximum atomic E-state index is 12.6. The van der Waals surface area contributed by atoms with Gasteiger partial charge in [0.1, 0.15) is 10.6 Å². The molecule has 0 aromatic carbocycles. The Labute approximate surface area is 142 Å². The van der Waals surface area contributed by atoms with Gasteiger partial charge >= 0.3 is 5.97 Å². The molecule has 0 saturated carbocycles. The van der Waals surface area contributed by atoms with Crippen LogP contribution in [0.4, 0.5) is 0 Å². The van der Waals surface area contributed by atoms with Gasteiger partial charge in [0.15, 0.2) is 10.8 Å². The van der Waals surface area contributed by atoms with E-state index in [4.69, 9.17) is 14.3 Å². The van der Waals surface area contributed by atoms with Crippen molar-refractivity contribution in [2.24, 2.45) is 0 Å². The molecule has 1 amide bonds. The smallest absolute Gasteiger partial charge is 0.305 e. The number of carboxylic acid groups (broad SMARTS) is 1. The molecule has 7 nitrogen and oxygen atoms in total. The van der Waals surface area contributed by atoms with Gasteiger partial charge in [0.05, 0.1) is 24.3 Å². The summed E-state index contributed by atoms with van der Waals surface area (Å²) in [7, 11) is 0. The zero-order valence-corrected chi connectivity index (χ0v) is 14.2. The summed E-state index contributed by atoms with van der Waals surface area (Å²) in [6, 6.07) is 3.65. The summed E-state index contributed by atoms with van der Waals surface area (Å²) in [5.74, 6) is 0.0938. The molecule has 1 atom stereocenters. The van der Waals surface area contributed by atoms with E-state index in [1.807, 2.05) is 19.1 Å². The summed E-state index contributed by atoms with van der Waals surface area (Å²) in [6.07, 6.45) is 0.313. The third kappa shape index (κ3) is 3.34. The third-order valence-corrected chi connectivity index (χ3v) is 5.10. The van der Waals surface area contributed by atoms with E-state index in [1.165, 1.54) is 11.3 Å². The highest BCUT2D eigenvalue weighted by Gasteiger charge is 2.39. The molecule has 2 aromatic rings. The largest absolute Gasteiger partial charge is 0.481 e. The number of ether oxygens (including phenoxy) is 1. The number of nitrogens with one attached hydrogen (secondary N) is 1. The monoisotopic (exact) mass is 350 g/mol. The Morgan fingerprint density at radius 3 is 2.79 bits per heavy atom. The van der Waals surface area contributed by atoms with Crippen molar-refractivity contribution in [2.45, 2.75) is 32.2 Å². The number of thiazole rings is 1. The van der Waals surface area contributed by atoms with E-state index in [0.29, 0.717) is 34.4 Å². The molecule has 2 aromatic heterocycles. The van der Waals surface area contributed by atoms with Gasteiger partial charge in [-0.05, 0) is 32.4 Å². The molecule has 0 aliphatic carbocycles. The molecule has 0 bridgehead atoms. The summed E-state index contributed by atoms with van der Waals surface area (Å²) in [6.45, 7) is 4.23. The first-order valence-corrected chi connectivity index (χ1v) is 8.36. The van der Waals surface area contributed by atoms with Crippen molar-refractivity contribution >= 4 is 23.2 Å². The fraction of sp³-hybridized carbons (Fsp3) is 0.438. The van der Waals surface area contributed by atoms with Crippen molar-refractivity contribution in [3.63, 3.8) is 0 Å². The van der Waals surface area contributed by atoms with Crippen LogP contribution in [0.5, 0.6) is 0 Å². The van der Waals surface area contributed by atoms with Gasteiger partial charge in [0.25, 0.3) is 5.91 Å². The lowest BCUT2D eigenvalue weighted by molar-refractivity contribution is -0.138. The Hall–Kier alpha value is -2.19. The lowest BCUT2D eigenvalue weighted by Gasteiger charge is -2.26. The molecule has 1 aliphatic rings. The number of amides is 1. The first-order valence-electron chi connectivity index (χ1n) is 7.55. The number of rotatable bonds is 5. The van der Waals surface area contributed by atoms with Crippen LogP contribution < -0.4 is 5.32 Å². The molecule has 1 aliphatic heterocycles.